The van der Waals surface area contributed by atoms with Gasteiger partial charge in [-0.15, -0.1) is 11.6 Å². The van der Waals surface area contributed by atoms with Crippen LogP contribution in [0, 0.1) is 0 Å². The minimum absolute atomic E-state index is 0.276. The quantitative estimate of drug-likeness (QED) is 0.820. The number of alkyl halides is 1. The Bertz CT molecular complexity index is 740. The molecule has 0 bridgehead atoms. The third-order valence-corrected chi connectivity index (χ3v) is 3.96. The van der Waals surface area contributed by atoms with Crippen LogP contribution in [0.25, 0.3) is 11.0 Å². The second-order valence-corrected chi connectivity index (χ2v) is 7.25. The smallest absolute Gasteiger partial charge is 0.208 e. The monoisotopic (exact) mass is 331 g/mol. The highest BCUT2D eigenvalue weighted by Crippen LogP contribution is 2.27. The van der Waals surface area contributed by atoms with Crippen LogP contribution in [0.15, 0.2) is 18.2 Å². The highest BCUT2D eigenvalue weighted by Gasteiger charge is 2.15. The van der Waals surface area contributed by atoms with E-state index in [1.807, 2.05) is 29.7 Å². The van der Waals surface area contributed by atoms with Gasteiger partial charge in [0, 0.05) is 19.2 Å². The van der Waals surface area contributed by atoms with Gasteiger partial charge in [0.25, 0.3) is 0 Å². The minimum Gasteiger partial charge on any atom is -0.497 e. The van der Waals surface area contributed by atoms with Crippen LogP contribution in [0.5, 0.6) is 5.75 Å². The summed E-state index contributed by atoms with van der Waals surface area (Å²) in [5, 5.41) is -0.276. The first-order valence-electron chi connectivity index (χ1n) is 6.44. The molecule has 2 aromatic rings. The molecule has 0 fully saturated rings. The van der Waals surface area contributed by atoms with Crippen molar-refractivity contribution in [2.45, 2.75) is 18.8 Å². The van der Waals surface area contributed by atoms with E-state index in [-0.39, 0.29) is 11.9 Å². The van der Waals surface area contributed by atoms with Gasteiger partial charge in [0.15, 0.2) is 0 Å². The van der Waals surface area contributed by atoms with Crippen LogP contribution >= 0.6 is 11.6 Å². The Labute approximate surface area is 129 Å². The van der Waals surface area contributed by atoms with Crippen molar-refractivity contribution in [1.82, 2.24) is 14.3 Å². The number of nitrogens with one attached hydrogen (secondary N) is 1. The molecular weight excluding hydrogens is 314 g/mol. The van der Waals surface area contributed by atoms with Gasteiger partial charge in [0.2, 0.25) is 10.0 Å². The maximum Gasteiger partial charge on any atom is 0.208 e. The zero-order valence-electron chi connectivity index (χ0n) is 12.1. The van der Waals surface area contributed by atoms with Crippen LogP contribution in [0.4, 0.5) is 0 Å². The third-order valence-electron chi connectivity index (χ3n) is 3.04. The number of nitrogens with zero attached hydrogens (tertiary/aromatic N) is 2. The molecule has 0 saturated carbocycles. The van der Waals surface area contributed by atoms with Crippen molar-refractivity contribution >= 4 is 32.7 Å². The number of rotatable bonds is 6. The summed E-state index contributed by atoms with van der Waals surface area (Å²) >= 11 is 6.17. The molecule has 6 nitrogen and oxygen atoms in total. The van der Waals surface area contributed by atoms with Crippen molar-refractivity contribution in [2.24, 2.45) is 0 Å². The van der Waals surface area contributed by atoms with E-state index < -0.39 is 10.0 Å². The standard InChI is InChI=1S/C13H18ClN3O3S/c1-9(14)13-16-11-5-4-10(20-2)8-12(11)17(13)7-6-15-21(3,18)19/h4-5,8-9,15H,6-7H2,1-3H3. The predicted molar refractivity (Wildman–Crippen MR) is 83.4 cm³/mol. The maximum atomic E-state index is 11.2. The first kappa shape index (κ1) is 16.1. The van der Waals surface area contributed by atoms with Gasteiger partial charge in [-0.25, -0.2) is 18.1 Å². The summed E-state index contributed by atoms with van der Waals surface area (Å²) in [6, 6.07) is 5.56. The SMILES string of the molecule is COc1ccc2nc(C(C)Cl)n(CCNS(C)(=O)=O)c2c1. The van der Waals surface area contributed by atoms with Gasteiger partial charge in [0.1, 0.15) is 11.6 Å². The van der Waals surface area contributed by atoms with Crippen molar-refractivity contribution in [1.29, 1.82) is 0 Å². The van der Waals surface area contributed by atoms with E-state index in [1.165, 1.54) is 0 Å². The van der Waals surface area contributed by atoms with Crippen LogP contribution < -0.4 is 9.46 Å². The van der Waals surface area contributed by atoms with Crippen molar-refractivity contribution < 1.29 is 13.2 Å². The van der Waals surface area contributed by atoms with Gasteiger partial charge in [0.05, 0.1) is 29.8 Å². The van der Waals surface area contributed by atoms with E-state index in [1.54, 1.807) is 7.11 Å². The fourth-order valence-corrected chi connectivity index (χ4v) is 2.76. The predicted octanol–water partition coefficient (Wildman–Crippen LogP) is 1.89. The van der Waals surface area contributed by atoms with Gasteiger partial charge in [-0.2, -0.15) is 0 Å². The van der Waals surface area contributed by atoms with E-state index in [0.717, 1.165) is 17.3 Å². The molecule has 2 rings (SSSR count). The normalized spacial score (nSPS) is 13.5. The Hall–Kier alpha value is -1.31. The molecule has 1 atom stereocenters. The molecule has 21 heavy (non-hydrogen) atoms. The highest BCUT2D eigenvalue weighted by atomic mass is 35.5. The molecule has 8 heteroatoms. The second kappa shape index (κ2) is 6.21. The fourth-order valence-electron chi connectivity index (χ4n) is 2.13. The Kier molecular flexibility index (Phi) is 4.75. The Morgan fingerprint density at radius 1 is 1.48 bits per heavy atom. The molecule has 116 valence electrons. The summed E-state index contributed by atoms with van der Waals surface area (Å²) in [5.74, 6) is 1.42. The average molecular weight is 332 g/mol. The topological polar surface area (TPSA) is 73.2 Å². The zero-order chi connectivity index (χ0) is 15.6. The molecule has 0 saturated heterocycles. The number of fused-ring (bicyclic) bond motifs is 1. The largest absolute Gasteiger partial charge is 0.497 e. The fraction of sp³-hybridized carbons (Fsp3) is 0.462. The molecule has 1 unspecified atom stereocenters. The molecular formula is C13H18ClN3O3S. The number of ether oxygens (including phenoxy) is 1. The number of methoxy groups -OCH3 is 1. The molecule has 1 N–H and O–H groups in total. The van der Waals surface area contributed by atoms with Crippen LogP contribution in [-0.2, 0) is 16.6 Å². The lowest BCUT2D eigenvalue weighted by Gasteiger charge is -2.11. The molecule has 0 aliphatic rings. The summed E-state index contributed by atoms with van der Waals surface area (Å²) in [5.41, 5.74) is 1.67. The lowest BCUT2D eigenvalue weighted by Crippen LogP contribution is -2.26. The van der Waals surface area contributed by atoms with Crippen molar-refractivity contribution in [2.75, 3.05) is 19.9 Å². The summed E-state index contributed by atoms with van der Waals surface area (Å²) < 4.78 is 31.9. The number of sulfonamides is 1. The number of hydrogen-bond donors (Lipinski definition) is 1. The molecule has 1 aromatic heterocycles. The van der Waals surface area contributed by atoms with E-state index in [2.05, 4.69) is 9.71 Å². The molecule has 1 aromatic carbocycles. The van der Waals surface area contributed by atoms with Crippen molar-refractivity contribution in [3.8, 4) is 5.75 Å². The molecule has 0 spiro atoms. The lowest BCUT2D eigenvalue weighted by atomic mass is 10.3. The summed E-state index contributed by atoms with van der Waals surface area (Å²) in [6.07, 6.45) is 1.13. The Morgan fingerprint density at radius 2 is 2.19 bits per heavy atom. The van der Waals surface area contributed by atoms with Crippen LogP contribution in [0.1, 0.15) is 18.1 Å². The van der Waals surface area contributed by atoms with Crippen LogP contribution in [-0.4, -0.2) is 37.9 Å². The average Bonchev–Trinajstić information content (AvgIpc) is 2.75. The highest BCUT2D eigenvalue weighted by molar-refractivity contribution is 7.88. The zero-order valence-corrected chi connectivity index (χ0v) is 13.7. The second-order valence-electron chi connectivity index (χ2n) is 4.76. The van der Waals surface area contributed by atoms with E-state index in [4.69, 9.17) is 16.3 Å². The number of hydrogen-bond acceptors (Lipinski definition) is 4. The first-order chi connectivity index (χ1) is 9.81. The van der Waals surface area contributed by atoms with Gasteiger partial charge < -0.3 is 9.30 Å². The third kappa shape index (κ3) is 3.87. The molecule has 0 aliphatic carbocycles. The summed E-state index contributed by atoms with van der Waals surface area (Å²) in [4.78, 5) is 4.50. The van der Waals surface area contributed by atoms with Crippen LogP contribution in [0.3, 0.4) is 0 Å². The molecule has 0 aliphatic heterocycles. The molecule has 0 radical (unpaired) electrons. The van der Waals surface area contributed by atoms with Gasteiger partial charge in [-0.3, -0.25) is 0 Å². The maximum absolute atomic E-state index is 11.2. The van der Waals surface area contributed by atoms with Gasteiger partial charge in [-0.1, -0.05) is 0 Å². The van der Waals surface area contributed by atoms with E-state index in [9.17, 15) is 8.42 Å². The molecule has 0 amide bonds. The first-order valence-corrected chi connectivity index (χ1v) is 8.77. The van der Waals surface area contributed by atoms with Gasteiger partial charge in [-0.05, 0) is 19.1 Å². The summed E-state index contributed by atoms with van der Waals surface area (Å²) in [6.45, 7) is 2.56. The van der Waals surface area contributed by atoms with E-state index in [0.29, 0.717) is 18.1 Å². The molecule has 1 heterocycles. The van der Waals surface area contributed by atoms with Gasteiger partial charge >= 0.3 is 0 Å². The number of halogens is 1. The number of aromatic nitrogens is 2. The van der Waals surface area contributed by atoms with Crippen LogP contribution in [0.2, 0.25) is 0 Å². The van der Waals surface area contributed by atoms with Crippen molar-refractivity contribution in [3.63, 3.8) is 0 Å². The lowest BCUT2D eigenvalue weighted by molar-refractivity contribution is 0.415. The minimum atomic E-state index is -3.22. The number of imidazole rings is 1. The van der Waals surface area contributed by atoms with E-state index >= 15 is 0 Å². The summed E-state index contributed by atoms with van der Waals surface area (Å²) in [7, 11) is -1.62. The number of benzene rings is 1. The Morgan fingerprint density at radius 3 is 2.76 bits per heavy atom. The Balaban J connectivity index is 2.39. The van der Waals surface area contributed by atoms with Crippen molar-refractivity contribution in [3.05, 3.63) is 24.0 Å².